The van der Waals surface area contributed by atoms with Crippen LogP contribution in [0.3, 0.4) is 0 Å². The second-order valence-electron chi connectivity index (χ2n) is 4.45. The molecule has 2 aliphatic carbocycles. The van der Waals surface area contributed by atoms with Gasteiger partial charge in [0.2, 0.25) is 0 Å². The van der Waals surface area contributed by atoms with Crippen LogP contribution < -0.4 is 0 Å². The molecule has 0 heteroatoms. The molecule has 2 aliphatic rings. The first kappa shape index (κ1) is 7.39. The molecular weight excluding hydrogens is 132 g/mol. The van der Waals surface area contributed by atoms with Crippen LogP contribution in [-0.2, 0) is 0 Å². The monoisotopic (exact) mass is 150 g/mol. The molecule has 0 aromatic rings. The summed E-state index contributed by atoms with van der Waals surface area (Å²) in [5.41, 5.74) is 1.55. The Bertz CT molecular complexity index is 161. The average Bonchev–Trinajstić information content (AvgIpc) is 2.84. The summed E-state index contributed by atoms with van der Waals surface area (Å²) in [6.07, 6.45) is 7.14. The van der Waals surface area contributed by atoms with E-state index in [1.807, 2.05) is 0 Å². The summed E-state index contributed by atoms with van der Waals surface area (Å²) in [4.78, 5) is 0. The summed E-state index contributed by atoms with van der Waals surface area (Å²) in [5.74, 6) is 2.92. The Morgan fingerprint density at radius 2 is 2.00 bits per heavy atom. The van der Waals surface area contributed by atoms with Crippen molar-refractivity contribution in [3.05, 3.63) is 12.2 Å². The van der Waals surface area contributed by atoms with Crippen LogP contribution in [0.15, 0.2) is 12.2 Å². The fourth-order valence-corrected chi connectivity index (χ4v) is 1.90. The van der Waals surface area contributed by atoms with Gasteiger partial charge in [0.15, 0.2) is 0 Å². The normalized spacial score (nSPS) is 26.6. The Labute approximate surface area is 69.7 Å². The van der Waals surface area contributed by atoms with Crippen LogP contribution in [0.1, 0.15) is 39.0 Å². The summed E-state index contributed by atoms with van der Waals surface area (Å²) in [6.45, 7) is 6.56. The lowest BCUT2D eigenvalue weighted by molar-refractivity contribution is 0.495. The van der Waals surface area contributed by atoms with Crippen molar-refractivity contribution >= 4 is 0 Å². The fraction of sp³-hybridized carbons (Fsp3) is 0.818. The first-order valence-corrected chi connectivity index (χ1v) is 4.95. The van der Waals surface area contributed by atoms with Crippen molar-refractivity contribution in [2.75, 3.05) is 0 Å². The molecule has 0 heterocycles. The number of hydrogen-bond acceptors (Lipinski definition) is 0. The number of hydrogen-bond donors (Lipinski definition) is 0. The van der Waals surface area contributed by atoms with E-state index in [0.29, 0.717) is 0 Å². The molecule has 2 saturated carbocycles. The van der Waals surface area contributed by atoms with Crippen molar-refractivity contribution in [3.8, 4) is 0 Å². The van der Waals surface area contributed by atoms with E-state index in [2.05, 4.69) is 13.5 Å². The van der Waals surface area contributed by atoms with Gasteiger partial charge < -0.3 is 0 Å². The van der Waals surface area contributed by atoms with Crippen molar-refractivity contribution in [2.24, 2.45) is 17.8 Å². The summed E-state index contributed by atoms with van der Waals surface area (Å²) in [6, 6.07) is 0. The van der Waals surface area contributed by atoms with E-state index in [1.165, 1.54) is 32.1 Å². The van der Waals surface area contributed by atoms with Crippen molar-refractivity contribution in [3.63, 3.8) is 0 Å². The van der Waals surface area contributed by atoms with Crippen LogP contribution in [0.2, 0.25) is 0 Å². The summed E-state index contributed by atoms with van der Waals surface area (Å²) < 4.78 is 0. The van der Waals surface area contributed by atoms with E-state index >= 15 is 0 Å². The zero-order valence-corrected chi connectivity index (χ0v) is 7.47. The molecule has 2 fully saturated rings. The Morgan fingerprint density at radius 3 is 2.45 bits per heavy atom. The van der Waals surface area contributed by atoms with Crippen molar-refractivity contribution in [1.82, 2.24) is 0 Å². The lowest BCUT2D eigenvalue weighted by Gasteiger charge is -2.10. The quantitative estimate of drug-likeness (QED) is 0.539. The van der Waals surface area contributed by atoms with Gasteiger partial charge in [-0.3, -0.25) is 0 Å². The third kappa shape index (κ3) is 1.85. The highest BCUT2D eigenvalue weighted by molar-refractivity contribution is 5.08. The molecule has 0 aromatic carbocycles. The van der Waals surface area contributed by atoms with Crippen molar-refractivity contribution in [1.29, 1.82) is 0 Å². The molecule has 11 heavy (non-hydrogen) atoms. The van der Waals surface area contributed by atoms with Crippen LogP contribution in [0.5, 0.6) is 0 Å². The predicted octanol–water partition coefficient (Wildman–Crippen LogP) is 3.39. The van der Waals surface area contributed by atoms with Gasteiger partial charge in [0.1, 0.15) is 0 Å². The maximum absolute atomic E-state index is 4.17. The van der Waals surface area contributed by atoms with E-state index < -0.39 is 0 Å². The molecule has 2 rings (SSSR count). The summed E-state index contributed by atoms with van der Waals surface area (Å²) in [5, 5.41) is 0. The molecule has 0 nitrogen and oxygen atoms in total. The number of rotatable bonds is 4. The highest BCUT2D eigenvalue weighted by Crippen LogP contribution is 2.44. The van der Waals surface area contributed by atoms with Gasteiger partial charge in [-0.05, 0) is 49.9 Å². The molecule has 0 radical (unpaired) electrons. The highest BCUT2D eigenvalue weighted by Gasteiger charge is 2.31. The van der Waals surface area contributed by atoms with Gasteiger partial charge in [-0.1, -0.05) is 19.1 Å². The van der Waals surface area contributed by atoms with Crippen molar-refractivity contribution < 1.29 is 0 Å². The minimum Gasteiger partial charge on any atom is -0.0996 e. The molecular formula is C11H18. The van der Waals surface area contributed by atoms with Gasteiger partial charge in [0.25, 0.3) is 0 Å². The first-order chi connectivity index (χ1) is 5.27. The smallest absolute Gasteiger partial charge is 0.0205 e. The SMILES string of the molecule is C=C(CC(C)C1CC1)C1CC1. The first-order valence-electron chi connectivity index (χ1n) is 4.95. The van der Waals surface area contributed by atoms with Gasteiger partial charge in [-0.15, -0.1) is 0 Å². The third-order valence-electron chi connectivity index (χ3n) is 3.17. The Hall–Kier alpha value is -0.260. The highest BCUT2D eigenvalue weighted by atomic mass is 14.4. The van der Waals surface area contributed by atoms with E-state index in [0.717, 1.165) is 17.8 Å². The average molecular weight is 150 g/mol. The molecule has 62 valence electrons. The Kier molecular flexibility index (Phi) is 1.78. The molecule has 0 N–H and O–H groups in total. The molecule has 0 saturated heterocycles. The van der Waals surface area contributed by atoms with Crippen molar-refractivity contribution in [2.45, 2.75) is 39.0 Å². The molecule has 0 spiro atoms. The standard InChI is InChI=1S/C11H18/c1-8(10-3-4-10)7-9(2)11-5-6-11/h9-11H,1,3-7H2,2H3. The van der Waals surface area contributed by atoms with Crippen LogP contribution in [0.4, 0.5) is 0 Å². The van der Waals surface area contributed by atoms with Crippen LogP contribution in [0.25, 0.3) is 0 Å². The zero-order valence-electron chi connectivity index (χ0n) is 7.47. The predicted molar refractivity (Wildman–Crippen MR) is 48.4 cm³/mol. The zero-order chi connectivity index (χ0) is 7.84. The summed E-state index contributed by atoms with van der Waals surface area (Å²) >= 11 is 0. The number of allylic oxidation sites excluding steroid dienone is 1. The third-order valence-corrected chi connectivity index (χ3v) is 3.17. The van der Waals surface area contributed by atoms with Crippen LogP contribution >= 0.6 is 0 Å². The Morgan fingerprint density at radius 1 is 1.36 bits per heavy atom. The molecule has 0 bridgehead atoms. The van der Waals surface area contributed by atoms with Crippen LogP contribution in [-0.4, -0.2) is 0 Å². The molecule has 1 unspecified atom stereocenters. The van der Waals surface area contributed by atoms with Gasteiger partial charge in [-0.2, -0.15) is 0 Å². The van der Waals surface area contributed by atoms with Crippen LogP contribution in [0, 0.1) is 17.8 Å². The lowest BCUT2D eigenvalue weighted by Crippen LogP contribution is -1.99. The Balaban J connectivity index is 1.74. The largest absolute Gasteiger partial charge is 0.0996 e. The van der Waals surface area contributed by atoms with E-state index in [1.54, 1.807) is 5.57 Å². The fourth-order valence-electron chi connectivity index (χ4n) is 1.90. The minimum atomic E-state index is 0.927. The van der Waals surface area contributed by atoms with Gasteiger partial charge in [0.05, 0.1) is 0 Å². The second-order valence-corrected chi connectivity index (χ2v) is 4.45. The van der Waals surface area contributed by atoms with E-state index in [4.69, 9.17) is 0 Å². The van der Waals surface area contributed by atoms with Gasteiger partial charge >= 0.3 is 0 Å². The molecule has 0 amide bonds. The lowest BCUT2D eigenvalue weighted by atomic mass is 9.95. The van der Waals surface area contributed by atoms with E-state index in [9.17, 15) is 0 Å². The molecule has 0 aromatic heterocycles. The minimum absolute atomic E-state index is 0.927. The topological polar surface area (TPSA) is 0 Å². The summed E-state index contributed by atoms with van der Waals surface area (Å²) in [7, 11) is 0. The second kappa shape index (κ2) is 2.66. The van der Waals surface area contributed by atoms with Gasteiger partial charge in [-0.25, -0.2) is 0 Å². The maximum atomic E-state index is 4.17. The molecule has 1 atom stereocenters. The maximum Gasteiger partial charge on any atom is -0.0205 e. The molecule has 0 aliphatic heterocycles. The van der Waals surface area contributed by atoms with Gasteiger partial charge in [0, 0.05) is 0 Å². The van der Waals surface area contributed by atoms with E-state index in [-0.39, 0.29) is 0 Å².